The van der Waals surface area contributed by atoms with Gasteiger partial charge in [0.2, 0.25) is 0 Å². The van der Waals surface area contributed by atoms with E-state index >= 15 is 0 Å². The van der Waals surface area contributed by atoms with Crippen LogP contribution in [0.1, 0.15) is 18.4 Å². The fourth-order valence-corrected chi connectivity index (χ4v) is 3.62. The molecular weight excluding hydrogens is 360 g/mol. The molecule has 0 aromatic heterocycles. The van der Waals surface area contributed by atoms with Gasteiger partial charge in [-0.2, -0.15) is 0 Å². The molecular formula is C13H18Br2N2O. The Balaban J connectivity index is 1.87. The molecule has 1 heterocycles. The van der Waals surface area contributed by atoms with Crippen molar-refractivity contribution in [3.05, 3.63) is 26.6 Å². The minimum absolute atomic E-state index is 0.259. The van der Waals surface area contributed by atoms with Crippen LogP contribution in [0.15, 0.2) is 21.1 Å². The van der Waals surface area contributed by atoms with Crippen molar-refractivity contribution in [3.8, 4) is 5.75 Å². The minimum atomic E-state index is 0.259. The molecule has 5 heteroatoms. The zero-order valence-electron chi connectivity index (χ0n) is 10.4. The van der Waals surface area contributed by atoms with Gasteiger partial charge in [0.05, 0.1) is 8.95 Å². The van der Waals surface area contributed by atoms with Gasteiger partial charge in [0.1, 0.15) is 5.75 Å². The second-order valence-corrected chi connectivity index (χ2v) is 6.52. The first-order valence-corrected chi connectivity index (χ1v) is 7.74. The van der Waals surface area contributed by atoms with Gasteiger partial charge in [-0.15, -0.1) is 0 Å². The third-order valence-corrected chi connectivity index (χ3v) is 4.67. The van der Waals surface area contributed by atoms with Crippen LogP contribution in [0.3, 0.4) is 0 Å². The number of nitrogens with zero attached hydrogens (tertiary/aromatic N) is 1. The molecule has 0 radical (unpaired) electrons. The average Bonchev–Trinajstić information content (AvgIpc) is 2.72. The molecule has 1 aromatic carbocycles. The Morgan fingerprint density at radius 2 is 2.06 bits per heavy atom. The van der Waals surface area contributed by atoms with E-state index in [2.05, 4.69) is 49.1 Å². The molecule has 2 N–H and O–H groups in total. The van der Waals surface area contributed by atoms with E-state index in [0.717, 1.165) is 27.6 Å². The molecule has 1 unspecified atom stereocenters. The van der Waals surface area contributed by atoms with Crippen LogP contribution < -0.4 is 5.32 Å². The molecule has 1 saturated heterocycles. The molecule has 2 rings (SSSR count). The van der Waals surface area contributed by atoms with E-state index in [1.54, 1.807) is 0 Å². The lowest BCUT2D eigenvalue weighted by molar-refractivity contribution is 0.300. The van der Waals surface area contributed by atoms with Crippen LogP contribution in [-0.2, 0) is 6.54 Å². The Kier molecular flexibility index (Phi) is 5.06. The number of hydrogen-bond donors (Lipinski definition) is 2. The number of halogens is 2. The molecule has 0 spiro atoms. The van der Waals surface area contributed by atoms with Gasteiger partial charge in [-0.05, 0) is 76.0 Å². The summed E-state index contributed by atoms with van der Waals surface area (Å²) < 4.78 is 1.46. The zero-order valence-corrected chi connectivity index (χ0v) is 13.6. The topological polar surface area (TPSA) is 35.5 Å². The molecule has 3 nitrogen and oxygen atoms in total. The molecule has 1 fully saturated rings. The van der Waals surface area contributed by atoms with Gasteiger partial charge in [0.15, 0.2) is 0 Å². The van der Waals surface area contributed by atoms with Crippen molar-refractivity contribution < 1.29 is 5.11 Å². The van der Waals surface area contributed by atoms with E-state index in [9.17, 15) is 5.11 Å². The van der Waals surface area contributed by atoms with E-state index in [1.807, 2.05) is 12.1 Å². The second-order valence-electron chi connectivity index (χ2n) is 4.82. The van der Waals surface area contributed by atoms with Crippen LogP contribution in [0.25, 0.3) is 0 Å². The maximum Gasteiger partial charge on any atom is 0.143 e. The molecule has 0 aliphatic carbocycles. The van der Waals surface area contributed by atoms with Crippen molar-refractivity contribution in [1.29, 1.82) is 0 Å². The van der Waals surface area contributed by atoms with Crippen molar-refractivity contribution in [2.45, 2.75) is 25.4 Å². The fourth-order valence-electron chi connectivity index (χ4n) is 2.34. The van der Waals surface area contributed by atoms with E-state index in [0.29, 0.717) is 6.04 Å². The predicted molar refractivity (Wildman–Crippen MR) is 80.9 cm³/mol. The minimum Gasteiger partial charge on any atom is -0.506 e. The van der Waals surface area contributed by atoms with Gasteiger partial charge < -0.3 is 15.3 Å². The summed E-state index contributed by atoms with van der Waals surface area (Å²) in [6.45, 7) is 3.05. The Hall–Kier alpha value is -0.100. The molecule has 18 heavy (non-hydrogen) atoms. The first-order chi connectivity index (χ1) is 8.58. The van der Waals surface area contributed by atoms with Gasteiger partial charge in [0.25, 0.3) is 0 Å². The highest BCUT2D eigenvalue weighted by Gasteiger charge is 2.19. The van der Waals surface area contributed by atoms with Crippen LogP contribution in [0.4, 0.5) is 0 Å². The quantitative estimate of drug-likeness (QED) is 0.846. The number of hydrogen-bond acceptors (Lipinski definition) is 3. The standard InChI is InChI=1S/C13H18Br2N2O/c1-17-4-2-3-10(17)8-16-7-9-5-11(14)13(18)12(15)6-9/h5-6,10,16,18H,2-4,7-8H2,1H3. The molecule has 100 valence electrons. The lowest BCUT2D eigenvalue weighted by Gasteiger charge is -2.19. The van der Waals surface area contributed by atoms with Crippen molar-refractivity contribution in [2.24, 2.45) is 0 Å². The van der Waals surface area contributed by atoms with Crippen LogP contribution in [0.5, 0.6) is 5.75 Å². The molecule has 1 aliphatic heterocycles. The number of likely N-dealkylation sites (N-methyl/N-ethyl adjacent to an activating group) is 1. The van der Waals surface area contributed by atoms with E-state index in [4.69, 9.17) is 0 Å². The largest absolute Gasteiger partial charge is 0.506 e. The number of rotatable bonds is 4. The van der Waals surface area contributed by atoms with Gasteiger partial charge in [-0.25, -0.2) is 0 Å². The predicted octanol–water partition coefficient (Wildman–Crippen LogP) is 3.10. The van der Waals surface area contributed by atoms with Gasteiger partial charge >= 0.3 is 0 Å². The van der Waals surface area contributed by atoms with Gasteiger partial charge in [0, 0.05) is 19.1 Å². The first kappa shape index (κ1) is 14.3. The number of aromatic hydroxyl groups is 1. The van der Waals surface area contributed by atoms with E-state index < -0.39 is 0 Å². The SMILES string of the molecule is CN1CCCC1CNCc1cc(Br)c(O)c(Br)c1. The molecule has 1 aromatic rings. The van der Waals surface area contributed by atoms with E-state index in [-0.39, 0.29) is 5.75 Å². The summed E-state index contributed by atoms with van der Waals surface area (Å²) in [5, 5.41) is 13.1. The van der Waals surface area contributed by atoms with E-state index in [1.165, 1.54) is 19.4 Å². The maximum atomic E-state index is 9.64. The molecule has 0 saturated carbocycles. The normalized spacial score (nSPS) is 20.5. The number of likely N-dealkylation sites (tertiary alicyclic amines) is 1. The zero-order chi connectivity index (χ0) is 13.1. The molecule has 0 bridgehead atoms. The first-order valence-electron chi connectivity index (χ1n) is 6.16. The highest BCUT2D eigenvalue weighted by Crippen LogP contribution is 2.33. The Morgan fingerprint density at radius 1 is 1.39 bits per heavy atom. The number of phenolic OH excluding ortho intramolecular Hbond substituents is 1. The highest BCUT2D eigenvalue weighted by atomic mass is 79.9. The van der Waals surface area contributed by atoms with Crippen molar-refractivity contribution in [3.63, 3.8) is 0 Å². The molecule has 1 aliphatic rings. The Morgan fingerprint density at radius 3 is 2.61 bits per heavy atom. The number of nitrogens with one attached hydrogen (secondary N) is 1. The second kappa shape index (κ2) is 6.37. The average molecular weight is 378 g/mol. The van der Waals surface area contributed by atoms with Crippen LogP contribution in [0, 0.1) is 0 Å². The number of benzene rings is 1. The maximum absolute atomic E-state index is 9.64. The third kappa shape index (κ3) is 3.47. The summed E-state index contributed by atoms with van der Waals surface area (Å²) in [5.41, 5.74) is 1.16. The summed E-state index contributed by atoms with van der Waals surface area (Å²) >= 11 is 6.70. The smallest absolute Gasteiger partial charge is 0.143 e. The summed E-state index contributed by atoms with van der Waals surface area (Å²) in [6, 6.07) is 4.56. The summed E-state index contributed by atoms with van der Waals surface area (Å²) in [5.74, 6) is 0.259. The summed E-state index contributed by atoms with van der Waals surface area (Å²) in [4.78, 5) is 2.41. The summed E-state index contributed by atoms with van der Waals surface area (Å²) in [6.07, 6.45) is 2.59. The van der Waals surface area contributed by atoms with Gasteiger partial charge in [-0.3, -0.25) is 0 Å². The molecule has 0 amide bonds. The lowest BCUT2D eigenvalue weighted by Crippen LogP contribution is -2.35. The number of phenols is 1. The summed E-state index contributed by atoms with van der Waals surface area (Å²) in [7, 11) is 2.19. The monoisotopic (exact) mass is 376 g/mol. The fraction of sp³-hybridized carbons (Fsp3) is 0.538. The third-order valence-electron chi connectivity index (χ3n) is 3.46. The van der Waals surface area contributed by atoms with Crippen molar-refractivity contribution in [1.82, 2.24) is 10.2 Å². The lowest BCUT2D eigenvalue weighted by atomic mass is 10.2. The van der Waals surface area contributed by atoms with Gasteiger partial charge in [-0.1, -0.05) is 0 Å². The van der Waals surface area contributed by atoms with Crippen LogP contribution in [-0.4, -0.2) is 36.2 Å². The molecule has 1 atom stereocenters. The van der Waals surface area contributed by atoms with Crippen LogP contribution in [0.2, 0.25) is 0 Å². The Labute approximate surface area is 125 Å². The van der Waals surface area contributed by atoms with Crippen LogP contribution >= 0.6 is 31.9 Å². The van der Waals surface area contributed by atoms with Crippen molar-refractivity contribution in [2.75, 3.05) is 20.1 Å². The highest BCUT2D eigenvalue weighted by molar-refractivity contribution is 9.11. The van der Waals surface area contributed by atoms with Crippen molar-refractivity contribution >= 4 is 31.9 Å². The Bertz CT molecular complexity index is 402.